The number of pyridine rings is 1. The number of alkyl halides is 3. The van der Waals surface area contributed by atoms with Crippen molar-refractivity contribution in [3.8, 4) is 5.82 Å². The molecule has 0 spiro atoms. The summed E-state index contributed by atoms with van der Waals surface area (Å²) in [6.07, 6.45) is -4.12. The molecule has 20 heteroatoms. The number of halogens is 5. The molecule has 4 rings (SSSR count). The summed E-state index contributed by atoms with van der Waals surface area (Å²) < 4.78 is 105. The van der Waals surface area contributed by atoms with Gasteiger partial charge >= 0.3 is 17.8 Å². The van der Waals surface area contributed by atoms with Gasteiger partial charge in [0.25, 0.3) is 21.5 Å². The van der Waals surface area contributed by atoms with Gasteiger partial charge in [-0.05, 0) is 47.9 Å². The van der Waals surface area contributed by atoms with Gasteiger partial charge < -0.3 is 19.9 Å². The molecule has 300 valence electrons. The molecular formula is C36H37F5N6O8S. The van der Waals surface area contributed by atoms with E-state index in [9.17, 15) is 45.6 Å². The minimum atomic E-state index is -5.08. The summed E-state index contributed by atoms with van der Waals surface area (Å²) in [5.41, 5.74) is -6.49. The van der Waals surface area contributed by atoms with Crippen LogP contribution < -0.4 is 26.6 Å². The molecule has 56 heavy (non-hydrogen) atoms. The number of rotatable bonds is 12. The number of carbonyl (C=O) groups excluding carboxylic acids is 3. The molecule has 2 heterocycles. The lowest BCUT2D eigenvalue weighted by atomic mass is 9.95. The second kappa shape index (κ2) is 16.4. The van der Waals surface area contributed by atoms with E-state index in [1.165, 1.54) is 18.2 Å². The molecule has 14 nitrogen and oxygen atoms in total. The Morgan fingerprint density at radius 3 is 2.14 bits per heavy atom. The quantitative estimate of drug-likeness (QED) is 0.136. The Balaban J connectivity index is 1.56. The fourth-order valence-corrected chi connectivity index (χ4v) is 5.85. The maximum absolute atomic E-state index is 15.3. The van der Waals surface area contributed by atoms with Crippen LogP contribution in [-0.2, 0) is 44.0 Å². The Labute approximate surface area is 316 Å². The highest BCUT2D eigenvalue weighted by Gasteiger charge is 2.36. The Bertz CT molecular complexity index is 2370. The molecule has 0 radical (unpaired) electrons. The largest absolute Gasteiger partial charge is 0.464 e. The lowest BCUT2D eigenvalue weighted by Gasteiger charge is -2.19. The molecule has 0 aliphatic heterocycles. The first kappa shape index (κ1) is 42.8. The summed E-state index contributed by atoms with van der Waals surface area (Å²) in [5, 5.41) is 4.86. The normalized spacial score (nSPS) is 12.6. The van der Waals surface area contributed by atoms with Gasteiger partial charge in [0, 0.05) is 43.0 Å². The van der Waals surface area contributed by atoms with Crippen LogP contribution in [0.1, 0.15) is 56.1 Å². The van der Waals surface area contributed by atoms with Crippen molar-refractivity contribution >= 4 is 39.2 Å². The highest BCUT2D eigenvalue weighted by Crippen LogP contribution is 2.27. The average molecular weight is 809 g/mol. The van der Waals surface area contributed by atoms with Gasteiger partial charge in [-0.15, -0.1) is 0 Å². The molecule has 0 aliphatic rings. The number of carbonyl (C=O) groups is 3. The number of amides is 2. The Kier molecular flexibility index (Phi) is 12.6. The molecule has 1 atom stereocenters. The molecule has 4 aromatic rings. The summed E-state index contributed by atoms with van der Waals surface area (Å²) in [4.78, 5) is 67.2. The topological polar surface area (TPSA) is 188 Å². The number of benzene rings is 2. The summed E-state index contributed by atoms with van der Waals surface area (Å²) >= 11 is 0. The molecule has 0 saturated carbocycles. The van der Waals surface area contributed by atoms with Gasteiger partial charge in [-0.1, -0.05) is 40.7 Å². The molecule has 0 aliphatic carbocycles. The Morgan fingerprint density at radius 2 is 1.59 bits per heavy atom. The standard InChI is InChI=1S/C36H37F5N6O8S/c1-19(2)18-55-32(50)28(13-20-7-12-29(42-16-20)47-31(49)24(36(39,40)41)17-46(6)34(47)52)44-30(48)23-14-26(38)27(15-25(23)37)45-56(53,54)22-10-8-21(9-11-22)43-33(51)35(3,4)5/h7-12,14-17,19,28,45H,13,18H2,1-6H3,(H,43,51)(H,44,48)/t28-/m0/s1. The van der Waals surface area contributed by atoms with Gasteiger partial charge in [-0.3, -0.25) is 19.1 Å². The van der Waals surface area contributed by atoms with Crippen molar-refractivity contribution in [3.63, 3.8) is 0 Å². The summed E-state index contributed by atoms with van der Waals surface area (Å²) in [7, 11) is -3.49. The maximum Gasteiger partial charge on any atom is 0.423 e. The van der Waals surface area contributed by atoms with E-state index in [1.807, 2.05) is 4.72 Å². The molecule has 0 unspecified atom stereocenters. The second-order valence-electron chi connectivity index (χ2n) is 14.0. The average Bonchev–Trinajstić information content (AvgIpc) is 3.09. The third-order valence-electron chi connectivity index (χ3n) is 7.83. The fourth-order valence-electron chi connectivity index (χ4n) is 4.79. The van der Waals surface area contributed by atoms with Crippen LogP contribution in [-0.4, -0.2) is 53.0 Å². The van der Waals surface area contributed by atoms with E-state index < -0.39 is 91.5 Å². The van der Waals surface area contributed by atoms with Gasteiger partial charge in [0.15, 0.2) is 0 Å². The zero-order chi connectivity index (χ0) is 41.9. The molecule has 2 aromatic heterocycles. The minimum Gasteiger partial charge on any atom is -0.464 e. The number of hydrogen-bond acceptors (Lipinski definition) is 9. The molecule has 2 amide bonds. The minimum absolute atomic E-state index is 0.101. The molecule has 3 N–H and O–H groups in total. The van der Waals surface area contributed by atoms with Crippen LogP contribution in [0.2, 0.25) is 0 Å². The number of ether oxygens (including phenoxy) is 1. The van der Waals surface area contributed by atoms with Crippen LogP contribution in [0.4, 0.5) is 33.3 Å². The molecule has 2 aromatic carbocycles. The van der Waals surface area contributed by atoms with Crippen molar-refractivity contribution < 1.29 is 49.5 Å². The number of hydrogen-bond donors (Lipinski definition) is 3. The lowest BCUT2D eigenvalue weighted by Crippen LogP contribution is -2.44. The van der Waals surface area contributed by atoms with Crippen LogP contribution in [0.15, 0.2) is 75.4 Å². The number of nitrogens with one attached hydrogen (secondary N) is 3. The van der Waals surface area contributed by atoms with E-state index in [2.05, 4.69) is 15.6 Å². The smallest absolute Gasteiger partial charge is 0.423 e. The summed E-state index contributed by atoms with van der Waals surface area (Å²) in [6, 6.07) is 6.36. The Morgan fingerprint density at radius 1 is 0.946 bits per heavy atom. The molecule has 0 bridgehead atoms. The number of nitrogens with zero attached hydrogens (tertiary/aromatic N) is 3. The van der Waals surface area contributed by atoms with Crippen LogP contribution in [0.25, 0.3) is 5.82 Å². The van der Waals surface area contributed by atoms with Crippen molar-refractivity contribution in [3.05, 3.63) is 110 Å². The SMILES string of the molecule is CC(C)COC(=O)[C@H](Cc1ccc(-n2c(=O)c(C(F)(F)F)cn(C)c2=O)nc1)NC(=O)c1cc(F)c(NS(=O)(=O)c2ccc(NC(=O)C(C)(C)C)cc2)cc1F. The van der Waals surface area contributed by atoms with Crippen molar-refractivity contribution in [2.75, 3.05) is 16.6 Å². The maximum atomic E-state index is 15.3. The molecule has 0 fully saturated rings. The number of aryl methyl sites for hydroxylation is 1. The number of sulfonamides is 1. The van der Waals surface area contributed by atoms with Gasteiger partial charge in [0.2, 0.25) is 5.91 Å². The van der Waals surface area contributed by atoms with Gasteiger partial charge in [0.1, 0.15) is 29.1 Å². The van der Waals surface area contributed by atoms with E-state index >= 15 is 8.78 Å². The zero-order valence-electron chi connectivity index (χ0n) is 30.7. The Hall–Kier alpha value is -5.92. The van der Waals surface area contributed by atoms with E-state index in [0.29, 0.717) is 22.9 Å². The van der Waals surface area contributed by atoms with Crippen molar-refractivity contribution in [2.24, 2.45) is 18.4 Å². The fraction of sp³-hybridized carbons (Fsp3) is 0.333. The van der Waals surface area contributed by atoms with Crippen LogP contribution in [0, 0.1) is 23.0 Å². The van der Waals surface area contributed by atoms with Crippen LogP contribution in [0.5, 0.6) is 0 Å². The van der Waals surface area contributed by atoms with Gasteiger partial charge in [-0.25, -0.2) is 36.3 Å². The molecular weight excluding hydrogens is 771 g/mol. The monoisotopic (exact) mass is 808 g/mol. The van der Waals surface area contributed by atoms with Crippen LogP contribution >= 0.6 is 0 Å². The predicted octanol–water partition coefficient (Wildman–Crippen LogP) is 4.55. The van der Waals surface area contributed by atoms with Gasteiger partial charge in [0.05, 0.1) is 22.8 Å². The van der Waals surface area contributed by atoms with Crippen molar-refractivity contribution in [1.29, 1.82) is 0 Å². The zero-order valence-corrected chi connectivity index (χ0v) is 31.6. The second-order valence-corrected chi connectivity index (χ2v) is 15.7. The highest BCUT2D eigenvalue weighted by atomic mass is 32.2. The third kappa shape index (κ3) is 10.2. The first-order chi connectivity index (χ1) is 25.9. The van der Waals surface area contributed by atoms with E-state index in [0.717, 1.165) is 31.4 Å². The van der Waals surface area contributed by atoms with Crippen LogP contribution in [0.3, 0.4) is 0 Å². The van der Waals surface area contributed by atoms with E-state index in [4.69, 9.17) is 4.74 Å². The van der Waals surface area contributed by atoms with E-state index in [-0.39, 0.29) is 39.1 Å². The highest BCUT2D eigenvalue weighted by molar-refractivity contribution is 7.92. The summed E-state index contributed by atoms with van der Waals surface area (Å²) in [5.74, 6) is -6.02. The third-order valence-corrected chi connectivity index (χ3v) is 9.21. The van der Waals surface area contributed by atoms with Gasteiger partial charge in [-0.2, -0.15) is 13.2 Å². The lowest BCUT2D eigenvalue weighted by molar-refractivity contribution is -0.147. The predicted molar refractivity (Wildman–Crippen MR) is 193 cm³/mol. The summed E-state index contributed by atoms with van der Waals surface area (Å²) in [6.45, 7) is 8.39. The van der Waals surface area contributed by atoms with Crippen molar-refractivity contribution in [2.45, 2.75) is 58.2 Å². The number of anilines is 2. The number of esters is 1. The first-order valence-corrected chi connectivity index (χ1v) is 18.1. The van der Waals surface area contributed by atoms with Crippen molar-refractivity contribution in [1.82, 2.24) is 19.4 Å². The van der Waals surface area contributed by atoms with E-state index in [1.54, 1.807) is 34.6 Å². The molecule has 0 saturated heterocycles. The first-order valence-electron chi connectivity index (χ1n) is 16.6. The number of aromatic nitrogens is 3.